The molecule has 5 nitrogen and oxygen atoms in total. The van der Waals surface area contributed by atoms with Crippen molar-refractivity contribution in [3.05, 3.63) is 41.9 Å². The topological polar surface area (TPSA) is 66.6 Å². The second-order valence-corrected chi connectivity index (χ2v) is 7.33. The molecule has 2 aromatic rings. The molecule has 1 atom stereocenters. The Bertz CT molecular complexity index is 624. The highest BCUT2D eigenvalue weighted by Crippen LogP contribution is 2.40. The lowest BCUT2D eigenvalue weighted by Crippen LogP contribution is -2.15. The summed E-state index contributed by atoms with van der Waals surface area (Å²) in [6.45, 7) is 2.20. The standard InChI is InChI=1S/C12H13BrN2O3S2/c1-7(16)11-4-10(15(17)18)12(20-11)14(2)5-9-3-8(13)6-19-9/h3-4,6-7,16H,5H2,1-2H3/t7-/m1/s1. The number of aliphatic hydroxyl groups excluding tert-OH is 1. The minimum Gasteiger partial charge on any atom is -0.388 e. The van der Waals surface area contributed by atoms with Gasteiger partial charge in [-0.05, 0) is 28.9 Å². The molecule has 0 aromatic carbocycles. The molecule has 2 rings (SSSR count). The first-order chi connectivity index (χ1) is 9.38. The van der Waals surface area contributed by atoms with E-state index in [9.17, 15) is 15.2 Å². The van der Waals surface area contributed by atoms with Crippen LogP contribution < -0.4 is 4.90 Å². The first-order valence-electron chi connectivity index (χ1n) is 5.78. The van der Waals surface area contributed by atoms with E-state index in [1.54, 1.807) is 18.3 Å². The fraction of sp³-hybridized carbons (Fsp3) is 0.333. The third-order valence-electron chi connectivity index (χ3n) is 2.68. The molecule has 20 heavy (non-hydrogen) atoms. The summed E-state index contributed by atoms with van der Waals surface area (Å²) in [5.41, 5.74) is 0.0454. The van der Waals surface area contributed by atoms with Crippen LogP contribution in [-0.4, -0.2) is 17.1 Å². The maximum atomic E-state index is 11.1. The zero-order valence-electron chi connectivity index (χ0n) is 10.9. The minimum absolute atomic E-state index is 0.0454. The van der Waals surface area contributed by atoms with Gasteiger partial charge in [-0.1, -0.05) is 0 Å². The highest BCUT2D eigenvalue weighted by atomic mass is 79.9. The maximum Gasteiger partial charge on any atom is 0.304 e. The number of halogens is 1. The minimum atomic E-state index is -0.697. The Morgan fingerprint density at radius 1 is 1.55 bits per heavy atom. The van der Waals surface area contributed by atoms with Crippen LogP contribution in [0.25, 0.3) is 0 Å². The lowest BCUT2D eigenvalue weighted by Gasteiger charge is -2.15. The van der Waals surface area contributed by atoms with Gasteiger partial charge in [0.2, 0.25) is 0 Å². The van der Waals surface area contributed by atoms with Crippen LogP contribution in [0.5, 0.6) is 0 Å². The predicted octanol–water partition coefficient (Wildman–Crippen LogP) is 4.17. The molecule has 0 saturated carbocycles. The largest absolute Gasteiger partial charge is 0.388 e. The van der Waals surface area contributed by atoms with Crippen molar-refractivity contribution in [3.8, 4) is 0 Å². The number of hydrogen-bond donors (Lipinski definition) is 1. The molecule has 8 heteroatoms. The summed E-state index contributed by atoms with van der Waals surface area (Å²) in [6, 6.07) is 3.45. The lowest BCUT2D eigenvalue weighted by atomic mass is 10.3. The molecule has 0 aliphatic carbocycles. The molecule has 0 bridgehead atoms. The van der Waals surface area contributed by atoms with Crippen LogP contribution in [0.3, 0.4) is 0 Å². The third kappa shape index (κ3) is 3.38. The van der Waals surface area contributed by atoms with Crippen LogP contribution in [0.15, 0.2) is 22.0 Å². The Morgan fingerprint density at radius 3 is 2.75 bits per heavy atom. The van der Waals surface area contributed by atoms with Crippen molar-refractivity contribution in [3.63, 3.8) is 0 Å². The number of aliphatic hydroxyl groups is 1. The molecule has 0 spiro atoms. The van der Waals surface area contributed by atoms with Gasteiger partial charge in [-0.25, -0.2) is 0 Å². The van der Waals surface area contributed by atoms with E-state index in [4.69, 9.17) is 0 Å². The summed E-state index contributed by atoms with van der Waals surface area (Å²) in [6.07, 6.45) is -0.697. The molecular formula is C12H13BrN2O3S2. The maximum absolute atomic E-state index is 11.1. The van der Waals surface area contributed by atoms with Crippen molar-refractivity contribution >= 4 is 49.3 Å². The van der Waals surface area contributed by atoms with Gasteiger partial charge in [0.15, 0.2) is 5.00 Å². The highest BCUT2D eigenvalue weighted by Gasteiger charge is 2.24. The number of anilines is 1. The number of hydrogen-bond acceptors (Lipinski definition) is 6. The molecule has 0 aliphatic rings. The molecular weight excluding hydrogens is 364 g/mol. The van der Waals surface area contributed by atoms with Crippen LogP contribution in [0.2, 0.25) is 0 Å². The number of thiophene rings is 2. The first-order valence-corrected chi connectivity index (χ1v) is 8.27. The second-order valence-electron chi connectivity index (χ2n) is 4.36. The van der Waals surface area contributed by atoms with Crippen LogP contribution >= 0.6 is 38.6 Å². The van der Waals surface area contributed by atoms with Gasteiger partial charge in [0, 0.05) is 32.7 Å². The SMILES string of the molecule is C[C@@H](O)c1cc([N+](=O)[O-])c(N(C)Cc2cc(Br)cs2)s1. The van der Waals surface area contributed by atoms with Crippen molar-refractivity contribution in [2.24, 2.45) is 0 Å². The van der Waals surface area contributed by atoms with Crippen LogP contribution in [0.1, 0.15) is 22.8 Å². The molecule has 0 amide bonds. The summed E-state index contributed by atoms with van der Waals surface area (Å²) in [7, 11) is 1.82. The van der Waals surface area contributed by atoms with E-state index in [1.807, 2.05) is 23.4 Å². The van der Waals surface area contributed by atoms with E-state index in [0.717, 1.165) is 9.35 Å². The van der Waals surface area contributed by atoms with Crippen LogP contribution in [0.4, 0.5) is 10.7 Å². The Morgan fingerprint density at radius 2 is 2.25 bits per heavy atom. The fourth-order valence-corrected chi connectivity index (χ4v) is 4.27. The summed E-state index contributed by atoms with van der Waals surface area (Å²) >= 11 is 6.25. The van der Waals surface area contributed by atoms with Crippen molar-refractivity contribution in [1.82, 2.24) is 0 Å². The Balaban J connectivity index is 2.28. The van der Waals surface area contributed by atoms with E-state index < -0.39 is 11.0 Å². The molecule has 2 aromatic heterocycles. The second kappa shape index (κ2) is 6.21. The van der Waals surface area contributed by atoms with Gasteiger partial charge in [0.1, 0.15) is 0 Å². The number of nitrogens with zero attached hydrogens (tertiary/aromatic N) is 2. The Hall–Kier alpha value is -0.960. The van der Waals surface area contributed by atoms with Crippen molar-refractivity contribution < 1.29 is 10.0 Å². The van der Waals surface area contributed by atoms with Gasteiger partial charge in [-0.2, -0.15) is 0 Å². The van der Waals surface area contributed by atoms with E-state index in [1.165, 1.54) is 17.4 Å². The first kappa shape index (κ1) is 15.4. The average molecular weight is 377 g/mol. The van der Waals surface area contributed by atoms with Gasteiger partial charge < -0.3 is 10.0 Å². The summed E-state index contributed by atoms with van der Waals surface area (Å²) in [4.78, 5) is 14.3. The summed E-state index contributed by atoms with van der Waals surface area (Å²) in [5, 5.41) is 23.2. The zero-order chi connectivity index (χ0) is 14.9. The monoisotopic (exact) mass is 376 g/mol. The quantitative estimate of drug-likeness (QED) is 0.627. The van der Waals surface area contributed by atoms with E-state index in [0.29, 0.717) is 16.4 Å². The molecule has 0 unspecified atom stereocenters. The molecule has 0 aliphatic heterocycles. The molecule has 1 N–H and O–H groups in total. The van der Waals surface area contributed by atoms with Gasteiger partial charge >= 0.3 is 5.69 Å². The smallest absolute Gasteiger partial charge is 0.304 e. The Kier molecular flexibility index (Phi) is 4.79. The van der Waals surface area contributed by atoms with Crippen molar-refractivity contribution in [2.75, 3.05) is 11.9 Å². The average Bonchev–Trinajstić information content (AvgIpc) is 2.95. The lowest BCUT2D eigenvalue weighted by molar-refractivity contribution is -0.383. The normalized spacial score (nSPS) is 12.4. The molecule has 0 fully saturated rings. The zero-order valence-corrected chi connectivity index (χ0v) is 14.1. The van der Waals surface area contributed by atoms with Crippen LogP contribution in [-0.2, 0) is 6.54 Å². The van der Waals surface area contributed by atoms with Crippen molar-refractivity contribution in [2.45, 2.75) is 19.6 Å². The number of nitro groups is 1. The third-order valence-corrected chi connectivity index (χ3v) is 5.77. The molecule has 0 saturated heterocycles. The Labute approximate surface area is 132 Å². The van der Waals surface area contributed by atoms with Crippen LogP contribution in [0, 0.1) is 10.1 Å². The van der Waals surface area contributed by atoms with Gasteiger partial charge in [0.25, 0.3) is 0 Å². The summed E-state index contributed by atoms with van der Waals surface area (Å²) in [5.74, 6) is 0. The molecule has 2 heterocycles. The molecule has 108 valence electrons. The van der Waals surface area contributed by atoms with E-state index >= 15 is 0 Å². The summed E-state index contributed by atoms with van der Waals surface area (Å²) < 4.78 is 1.01. The predicted molar refractivity (Wildman–Crippen MR) is 85.7 cm³/mol. The van der Waals surface area contributed by atoms with Crippen molar-refractivity contribution in [1.29, 1.82) is 0 Å². The van der Waals surface area contributed by atoms with Gasteiger partial charge in [0.05, 0.1) is 17.6 Å². The van der Waals surface area contributed by atoms with E-state index in [-0.39, 0.29) is 5.69 Å². The molecule has 0 radical (unpaired) electrons. The van der Waals surface area contributed by atoms with E-state index in [2.05, 4.69) is 15.9 Å². The highest BCUT2D eigenvalue weighted by molar-refractivity contribution is 9.10. The van der Waals surface area contributed by atoms with Gasteiger partial charge in [-0.15, -0.1) is 22.7 Å². The van der Waals surface area contributed by atoms with Gasteiger partial charge in [-0.3, -0.25) is 10.1 Å². The fourth-order valence-electron chi connectivity index (χ4n) is 1.74. The number of rotatable bonds is 5.